The summed E-state index contributed by atoms with van der Waals surface area (Å²) in [7, 11) is 0. The molecule has 0 heterocycles. The minimum Gasteiger partial charge on any atom is -0.508 e. The lowest BCUT2D eigenvalue weighted by Crippen LogP contribution is -2.07. The largest absolute Gasteiger partial charge is 0.508 e. The van der Waals surface area contributed by atoms with Crippen molar-refractivity contribution in [3.05, 3.63) is 54.1 Å². The van der Waals surface area contributed by atoms with Crippen molar-refractivity contribution in [3.8, 4) is 17.2 Å². The molecule has 25 heavy (non-hydrogen) atoms. The van der Waals surface area contributed by atoms with Crippen LogP contribution < -0.4 is 14.8 Å². The molecule has 5 nitrogen and oxygen atoms in total. The molecule has 0 atom stereocenters. The van der Waals surface area contributed by atoms with Gasteiger partial charge in [0.2, 0.25) is 5.91 Å². The number of hydrogen-bond acceptors (Lipinski definition) is 4. The number of hydrogen-bond donors (Lipinski definition) is 2. The lowest BCUT2D eigenvalue weighted by atomic mass is 10.2. The number of carbonyl (C=O) groups is 1. The monoisotopic (exact) mass is 341 g/mol. The minimum absolute atomic E-state index is 0.103. The van der Waals surface area contributed by atoms with Crippen molar-refractivity contribution < 1.29 is 19.4 Å². The smallest absolute Gasteiger partial charge is 0.248 e. The molecule has 132 valence electrons. The van der Waals surface area contributed by atoms with Gasteiger partial charge in [-0.25, -0.2) is 0 Å². The summed E-state index contributed by atoms with van der Waals surface area (Å²) in [5.41, 5.74) is 1.37. The summed E-state index contributed by atoms with van der Waals surface area (Å²) in [4.78, 5) is 12.0. The van der Waals surface area contributed by atoms with Crippen LogP contribution in [0, 0.1) is 0 Å². The van der Waals surface area contributed by atoms with Crippen LogP contribution in [0.2, 0.25) is 0 Å². The van der Waals surface area contributed by atoms with Crippen molar-refractivity contribution in [1.29, 1.82) is 0 Å². The Balaban J connectivity index is 2.06. The molecule has 0 spiro atoms. The van der Waals surface area contributed by atoms with Crippen molar-refractivity contribution >= 4 is 17.7 Å². The third-order valence-corrected chi connectivity index (χ3v) is 3.27. The highest BCUT2D eigenvalue weighted by atomic mass is 16.5. The molecule has 0 aliphatic carbocycles. The second kappa shape index (κ2) is 9.37. The van der Waals surface area contributed by atoms with Gasteiger partial charge in [-0.2, -0.15) is 0 Å². The van der Waals surface area contributed by atoms with Gasteiger partial charge < -0.3 is 19.9 Å². The Morgan fingerprint density at radius 1 is 1.12 bits per heavy atom. The fourth-order valence-corrected chi connectivity index (χ4v) is 2.17. The van der Waals surface area contributed by atoms with Gasteiger partial charge in [0.05, 0.1) is 13.2 Å². The first-order valence-electron chi connectivity index (χ1n) is 8.30. The molecule has 0 aromatic heterocycles. The summed E-state index contributed by atoms with van der Waals surface area (Å²) >= 11 is 0. The number of amides is 1. The fourth-order valence-electron chi connectivity index (χ4n) is 2.17. The van der Waals surface area contributed by atoms with Crippen molar-refractivity contribution in [3.63, 3.8) is 0 Å². The highest BCUT2D eigenvalue weighted by Gasteiger charge is 2.06. The van der Waals surface area contributed by atoms with E-state index >= 15 is 0 Å². The Morgan fingerprint density at radius 2 is 1.96 bits per heavy atom. The summed E-state index contributed by atoms with van der Waals surface area (Å²) in [6.07, 6.45) is 4.05. The predicted molar refractivity (Wildman–Crippen MR) is 99.2 cm³/mol. The van der Waals surface area contributed by atoms with Gasteiger partial charge in [-0.05, 0) is 49.2 Å². The predicted octanol–water partition coefficient (Wildman–Crippen LogP) is 4.23. The van der Waals surface area contributed by atoms with Crippen molar-refractivity contribution in [2.24, 2.45) is 0 Å². The number of phenolic OH excluding ortho intramolecular Hbond substituents is 1. The van der Waals surface area contributed by atoms with E-state index in [1.807, 2.05) is 32.0 Å². The summed E-state index contributed by atoms with van der Waals surface area (Å²) in [6.45, 7) is 5.12. The van der Waals surface area contributed by atoms with Crippen LogP contribution in [0.25, 0.3) is 6.08 Å². The van der Waals surface area contributed by atoms with Crippen LogP contribution in [0.15, 0.2) is 48.5 Å². The van der Waals surface area contributed by atoms with E-state index in [2.05, 4.69) is 5.32 Å². The van der Waals surface area contributed by atoms with Gasteiger partial charge >= 0.3 is 0 Å². The average molecular weight is 341 g/mol. The maximum absolute atomic E-state index is 12.0. The van der Waals surface area contributed by atoms with Crippen LogP contribution >= 0.6 is 0 Å². The van der Waals surface area contributed by atoms with E-state index < -0.39 is 0 Å². The number of nitrogens with one attached hydrogen (secondary N) is 1. The van der Waals surface area contributed by atoms with E-state index in [1.165, 1.54) is 12.1 Å². The Kier molecular flexibility index (Phi) is 6.89. The van der Waals surface area contributed by atoms with E-state index in [9.17, 15) is 9.90 Å². The molecule has 0 aliphatic heterocycles. The molecule has 2 rings (SSSR count). The summed E-state index contributed by atoms with van der Waals surface area (Å²) in [6, 6.07) is 11.9. The third kappa shape index (κ3) is 5.88. The molecular formula is C20H23NO4. The molecule has 2 N–H and O–H groups in total. The van der Waals surface area contributed by atoms with Crippen LogP contribution in [-0.4, -0.2) is 24.2 Å². The highest BCUT2D eigenvalue weighted by Crippen LogP contribution is 2.29. The van der Waals surface area contributed by atoms with Crippen LogP contribution in [0.5, 0.6) is 17.2 Å². The molecule has 5 heteroatoms. The van der Waals surface area contributed by atoms with Crippen LogP contribution in [0.1, 0.15) is 25.8 Å². The number of carbonyl (C=O) groups excluding carboxylic acids is 1. The lowest BCUT2D eigenvalue weighted by molar-refractivity contribution is -0.111. The normalized spacial score (nSPS) is 10.6. The van der Waals surface area contributed by atoms with Crippen LogP contribution in [-0.2, 0) is 4.79 Å². The van der Waals surface area contributed by atoms with Gasteiger partial charge in [-0.15, -0.1) is 0 Å². The number of rotatable bonds is 8. The molecule has 0 saturated carbocycles. The first-order valence-corrected chi connectivity index (χ1v) is 8.30. The van der Waals surface area contributed by atoms with Gasteiger partial charge in [0.1, 0.15) is 5.75 Å². The van der Waals surface area contributed by atoms with E-state index in [4.69, 9.17) is 9.47 Å². The topological polar surface area (TPSA) is 67.8 Å². The van der Waals surface area contributed by atoms with Gasteiger partial charge in [0.15, 0.2) is 11.5 Å². The SMILES string of the molecule is CCCOc1ccc(/C=C/C(=O)Nc2cccc(O)c2)cc1OCC. The van der Waals surface area contributed by atoms with Crippen LogP contribution in [0.4, 0.5) is 5.69 Å². The highest BCUT2D eigenvalue weighted by molar-refractivity contribution is 6.02. The van der Waals surface area contributed by atoms with Gasteiger partial charge in [-0.1, -0.05) is 19.1 Å². The maximum Gasteiger partial charge on any atom is 0.248 e. The zero-order chi connectivity index (χ0) is 18.1. The molecule has 0 radical (unpaired) electrons. The Hall–Kier alpha value is -2.95. The Bertz CT molecular complexity index is 740. The third-order valence-electron chi connectivity index (χ3n) is 3.27. The quantitative estimate of drug-likeness (QED) is 0.705. The Labute approximate surface area is 147 Å². The molecule has 2 aromatic rings. The van der Waals surface area contributed by atoms with Gasteiger partial charge in [0.25, 0.3) is 0 Å². The number of aromatic hydroxyl groups is 1. The summed E-state index contributed by atoms with van der Waals surface area (Å²) in [5.74, 6) is 1.18. The lowest BCUT2D eigenvalue weighted by Gasteiger charge is -2.12. The van der Waals surface area contributed by atoms with E-state index in [1.54, 1.807) is 24.3 Å². The fraction of sp³-hybridized carbons (Fsp3) is 0.250. The number of ether oxygens (including phenoxy) is 2. The Morgan fingerprint density at radius 3 is 2.68 bits per heavy atom. The molecule has 0 unspecified atom stereocenters. The molecule has 0 saturated heterocycles. The van der Waals surface area contributed by atoms with Crippen molar-refractivity contribution in [2.75, 3.05) is 18.5 Å². The van der Waals surface area contributed by atoms with E-state index in [0.717, 1.165) is 12.0 Å². The van der Waals surface area contributed by atoms with Crippen molar-refractivity contribution in [2.45, 2.75) is 20.3 Å². The second-order valence-corrected chi connectivity index (χ2v) is 5.36. The van der Waals surface area contributed by atoms with Crippen molar-refractivity contribution in [1.82, 2.24) is 0 Å². The molecule has 0 aliphatic rings. The van der Waals surface area contributed by atoms with Gasteiger partial charge in [-0.3, -0.25) is 4.79 Å². The minimum atomic E-state index is -0.283. The van der Waals surface area contributed by atoms with E-state index in [-0.39, 0.29) is 11.7 Å². The number of phenols is 1. The molecular weight excluding hydrogens is 318 g/mol. The summed E-state index contributed by atoms with van der Waals surface area (Å²) in [5, 5.41) is 12.1. The summed E-state index contributed by atoms with van der Waals surface area (Å²) < 4.78 is 11.3. The zero-order valence-electron chi connectivity index (χ0n) is 14.5. The molecule has 0 fully saturated rings. The molecule has 2 aromatic carbocycles. The van der Waals surface area contributed by atoms with Gasteiger partial charge in [0, 0.05) is 17.8 Å². The number of benzene rings is 2. The second-order valence-electron chi connectivity index (χ2n) is 5.36. The first kappa shape index (κ1) is 18.4. The maximum atomic E-state index is 12.0. The standard InChI is InChI=1S/C20H23NO4/c1-3-12-25-18-10-8-15(13-19(18)24-4-2)9-11-20(23)21-16-6-5-7-17(22)14-16/h5-11,13-14,22H,3-4,12H2,1-2H3,(H,21,23)/b11-9+. The molecule has 1 amide bonds. The first-order chi connectivity index (χ1) is 12.1. The van der Waals surface area contributed by atoms with Crippen LogP contribution in [0.3, 0.4) is 0 Å². The zero-order valence-corrected chi connectivity index (χ0v) is 14.5. The average Bonchev–Trinajstić information content (AvgIpc) is 2.59. The number of anilines is 1. The molecule has 0 bridgehead atoms. The van der Waals surface area contributed by atoms with E-state index in [0.29, 0.717) is 30.4 Å².